The second-order valence-electron chi connectivity index (χ2n) is 8.34. The Kier molecular flexibility index (Phi) is 6.41. The molecule has 8 heteroatoms. The van der Waals surface area contributed by atoms with Gasteiger partial charge in [0.15, 0.2) is 0 Å². The van der Waals surface area contributed by atoms with Gasteiger partial charge in [-0.3, -0.25) is 10.1 Å². The van der Waals surface area contributed by atoms with Gasteiger partial charge in [0.2, 0.25) is 15.9 Å². The molecule has 166 valence electrons. The van der Waals surface area contributed by atoms with Crippen LogP contribution in [0.1, 0.15) is 44.1 Å². The van der Waals surface area contributed by atoms with Gasteiger partial charge in [0.25, 0.3) is 0 Å². The predicted molar refractivity (Wildman–Crippen MR) is 118 cm³/mol. The lowest BCUT2D eigenvalue weighted by atomic mass is 9.88. The number of rotatable bonds is 7. The molecule has 1 saturated carbocycles. The Balaban J connectivity index is 1.42. The van der Waals surface area contributed by atoms with Crippen LogP contribution in [0.15, 0.2) is 53.4 Å². The van der Waals surface area contributed by atoms with E-state index >= 15 is 0 Å². The number of nitrogens with one attached hydrogen (secondary N) is 2. The Morgan fingerprint density at radius 1 is 1.00 bits per heavy atom. The maximum Gasteiger partial charge on any atom is 0.243 e. The first-order valence-electron chi connectivity index (χ1n) is 10.8. The summed E-state index contributed by atoms with van der Waals surface area (Å²) in [6.45, 7) is 1.16. The molecule has 4 rings (SSSR count). The Morgan fingerprint density at radius 3 is 2.35 bits per heavy atom. The third-order valence-corrected chi connectivity index (χ3v) is 8.16. The molecule has 1 amide bonds. The average Bonchev–Trinajstić information content (AvgIpc) is 3.46. The van der Waals surface area contributed by atoms with Crippen molar-refractivity contribution in [2.24, 2.45) is 0 Å². The van der Waals surface area contributed by atoms with Crippen molar-refractivity contribution in [1.82, 2.24) is 9.62 Å². The summed E-state index contributed by atoms with van der Waals surface area (Å²) in [6, 6.07) is 12.8. The topological polar surface area (TPSA) is 78.5 Å². The average molecular weight is 446 g/mol. The van der Waals surface area contributed by atoms with E-state index in [4.69, 9.17) is 0 Å². The molecule has 0 aromatic heterocycles. The molecule has 2 aromatic carbocycles. The van der Waals surface area contributed by atoms with E-state index < -0.39 is 10.0 Å². The maximum absolute atomic E-state index is 13.3. The fourth-order valence-corrected chi connectivity index (χ4v) is 6.14. The number of benzene rings is 2. The third kappa shape index (κ3) is 4.81. The van der Waals surface area contributed by atoms with Gasteiger partial charge < -0.3 is 5.32 Å². The zero-order valence-corrected chi connectivity index (χ0v) is 18.3. The number of hydrogen-bond acceptors (Lipinski definition) is 4. The van der Waals surface area contributed by atoms with E-state index in [0.717, 1.165) is 44.1 Å². The summed E-state index contributed by atoms with van der Waals surface area (Å²) in [5.74, 6) is -0.525. The van der Waals surface area contributed by atoms with Crippen LogP contribution in [0.3, 0.4) is 0 Å². The van der Waals surface area contributed by atoms with E-state index in [9.17, 15) is 17.6 Å². The van der Waals surface area contributed by atoms with E-state index in [0.29, 0.717) is 18.8 Å². The van der Waals surface area contributed by atoms with Crippen LogP contribution in [0.5, 0.6) is 0 Å². The number of amides is 1. The molecule has 1 heterocycles. The summed E-state index contributed by atoms with van der Waals surface area (Å²) in [5, 5.41) is 6.18. The van der Waals surface area contributed by atoms with Crippen LogP contribution >= 0.6 is 0 Å². The number of carbonyl (C=O) groups excluding carboxylic acids is 1. The largest absolute Gasteiger partial charge is 0.325 e. The fourth-order valence-electron chi connectivity index (χ4n) is 4.58. The molecule has 1 aliphatic heterocycles. The smallest absolute Gasteiger partial charge is 0.243 e. The summed E-state index contributed by atoms with van der Waals surface area (Å²) >= 11 is 0. The van der Waals surface area contributed by atoms with E-state index in [2.05, 4.69) is 10.6 Å². The second-order valence-corrected chi connectivity index (χ2v) is 10.3. The van der Waals surface area contributed by atoms with E-state index in [-0.39, 0.29) is 28.7 Å². The Hall–Kier alpha value is -2.29. The number of hydrogen-bond donors (Lipinski definition) is 2. The summed E-state index contributed by atoms with van der Waals surface area (Å²) in [6.07, 6.45) is 5.60. The minimum absolute atomic E-state index is 0.0838. The van der Waals surface area contributed by atoms with Gasteiger partial charge in [0.05, 0.1) is 11.4 Å². The SMILES string of the molecule is O=C(CNC1(c2ccc(F)cc2)CCCC1)Nc1cccc(S(=O)(=O)N2CCCC2)c1. The van der Waals surface area contributed by atoms with Gasteiger partial charge in [-0.05, 0) is 61.6 Å². The predicted octanol–water partition coefficient (Wildman–Crippen LogP) is 3.61. The minimum Gasteiger partial charge on any atom is -0.325 e. The van der Waals surface area contributed by atoms with Crippen molar-refractivity contribution >= 4 is 21.6 Å². The van der Waals surface area contributed by atoms with Crippen LogP contribution in [0, 0.1) is 5.82 Å². The molecule has 0 radical (unpaired) electrons. The van der Waals surface area contributed by atoms with Crippen LogP contribution in [0.4, 0.5) is 10.1 Å². The van der Waals surface area contributed by atoms with Crippen LogP contribution in [-0.2, 0) is 20.4 Å². The van der Waals surface area contributed by atoms with Gasteiger partial charge >= 0.3 is 0 Å². The van der Waals surface area contributed by atoms with Gasteiger partial charge in [0, 0.05) is 24.3 Å². The highest BCUT2D eigenvalue weighted by Gasteiger charge is 2.35. The third-order valence-electron chi connectivity index (χ3n) is 6.26. The molecule has 0 unspecified atom stereocenters. The van der Waals surface area contributed by atoms with Crippen molar-refractivity contribution in [2.75, 3.05) is 25.0 Å². The number of carbonyl (C=O) groups is 1. The maximum atomic E-state index is 13.3. The quantitative estimate of drug-likeness (QED) is 0.683. The van der Waals surface area contributed by atoms with Gasteiger partial charge in [-0.1, -0.05) is 31.0 Å². The minimum atomic E-state index is -3.54. The number of sulfonamides is 1. The van der Waals surface area contributed by atoms with Crippen molar-refractivity contribution in [3.63, 3.8) is 0 Å². The van der Waals surface area contributed by atoms with E-state index in [1.807, 2.05) is 0 Å². The lowest BCUT2D eigenvalue weighted by Gasteiger charge is -2.31. The van der Waals surface area contributed by atoms with Crippen LogP contribution in [0.25, 0.3) is 0 Å². The van der Waals surface area contributed by atoms with Crippen LogP contribution in [-0.4, -0.2) is 38.3 Å². The monoisotopic (exact) mass is 445 g/mol. The molecule has 0 atom stereocenters. The molecule has 2 aromatic rings. The molecule has 0 bridgehead atoms. The van der Waals surface area contributed by atoms with Crippen molar-refractivity contribution in [3.05, 3.63) is 59.9 Å². The van der Waals surface area contributed by atoms with Crippen molar-refractivity contribution in [3.8, 4) is 0 Å². The lowest BCUT2D eigenvalue weighted by Crippen LogP contribution is -2.44. The van der Waals surface area contributed by atoms with Gasteiger partial charge in [0.1, 0.15) is 5.82 Å². The molecule has 31 heavy (non-hydrogen) atoms. The van der Waals surface area contributed by atoms with Crippen LogP contribution < -0.4 is 10.6 Å². The van der Waals surface area contributed by atoms with Gasteiger partial charge in [-0.15, -0.1) is 0 Å². The second kappa shape index (κ2) is 9.06. The first kappa shape index (κ1) is 21.9. The highest BCUT2D eigenvalue weighted by Crippen LogP contribution is 2.38. The molecule has 0 spiro atoms. The standard InChI is InChI=1S/C23H28FN3O3S/c24-19-10-8-18(9-11-19)23(12-1-2-13-23)25-17-22(28)26-20-6-5-7-21(16-20)31(29,30)27-14-3-4-15-27/h5-11,16,25H,1-4,12-15,17H2,(H,26,28). The number of anilines is 1. The lowest BCUT2D eigenvalue weighted by molar-refractivity contribution is -0.115. The molecule has 1 aliphatic carbocycles. The van der Waals surface area contributed by atoms with Crippen LogP contribution in [0.2, 0.25) is 0 Å². The molecule has 2 fully saturated rings. The Morgan fingerprint density at radius 2 is 1.68 bits per heavy atom. The molecular weight excluding hydrogens is 417 g/mol. The molecule has 2 aliphatic rings. The first-order chi connectivity index (χ1) is 14.9. The highest BCUT2D eigenvalue weighted by molar-refractivity contribution is 7.89. The molecule has 2 N–H and O–H groups in total. The summed E-state index contributed by atoms with van der Waals surface area (Å²) in [4.78, 5) is 12.8. The first-order valence-corrected chi connectivity index (χ1v) is 12.2. The summed E-state index contributed by atoms with van der Waals surface area (Å²) in [5.41, 5.74) is 1.10. The normalized spacial score (nSPS) is 18.9. The molecular formula is C23H28FN3O3S. The fraction of sp³-hybridized carbons (Fsp3) is 0.435. The van der Waals surface area contributed by atoms with Crippen molar-refractivity contribution < 1.29 is 17.6 Å². The molecule has 6 nitrogen and oxygen atoms in total. The van der Waals surface area contributed by atoms with Gasteiger partial charge in [-0.2, -0.15) is 4.31 Å². The molecule has 1 saturated heterocycles. The van der Waals surface area contributed by atoms with Crippen molar-refractivity contribution in [2.45, 2.75) is 49.0 Å². The summed E-state index contributed by atoms with van der Waals surface area (Å²) in [7, 11) is -3.54. The Labute approximate surface area is 182 Å². The van der Waals surface area contributed by atoms with Gasteiger partial charge in [-0.25, -0.2) is 12.8 Å². The van der Waals surface area contributed by atoms with E-state index in [1.165, 1.54) is 22.5 Å². The summed E-state index contributed by atoms with van der Waals surface area (Å²) < 4.78 is 40.4. The zero-order valence-electron chi connectivity index (χ0n) is 17.4. The number of halogens is 1. The zero-order chi connectivity index (χ0) is 21.9. The van der Waals surface area contributed by atoms with Crippen molar-refractivity contribution in [1.29, 1.82) is 0 Å². The number of nitrogens with zero attached hydrogens (tertiary/aromatic N) is 1. The highest BCUT2D eigenvalue weighted by atomic mass is 32.2. The van der Waals surface area contributed by atoms with E-state index in [1.54, 1.807) is 30.3 Å². The Bertz CT molecular complexity index is 1030.